The van der Waals surface area contributed by atoms with Gasteiger partial charge in [0, 0.05) is 13.1 Å². The van der Waals surface area contributed by atoms with Crippen molar-refractivity contribution >= 4 is 33.2 Å². The normalized spacial score (nSPS) is 15.2. The van der Waals surface area contributed by atoms with Crippen LogP contribution < -0.4 is 10.0 Å². The van der Waals surface area contributed by atoms with E-state index in [1.807, 2.05) is 36.4 Å². The second kappa shape index (κ2) is 7.24. The highest BCUT2D eigenvalue weighted by Gasteiger charge is 2.15. The zero-order valence-corrected chi connectivity index (χ0v) is 13.7. The van der Waals surface area contributed by atoms with Gasteiger partial charge in [0.05, 0.1) is 4.90 Å². The Morgan fingerprint density at radius 1 is 1.09 bits per heavy atom. The number of hydrogen-bond donors (Lipinski definition) is 2. The van der Waals surface area contributed by atoms with Crippen molar-refractivity contribution in [2.24, 2.45) is 0 Å². The molecule has 2 aromatic rings. The number of fused-ring (bicyclic) bond motifs is 1. The van der Waals surface area contributed by atoms with Crippen molar-refractivity contribution in [2.75, 3.05) is 19.6 Å². The van der Waals surface area contributed by atoms with Crippen molar-refractivity contribution in [1.29, 1.82) is 0 Å². The Hall–Kier alpha value is -1.40. The fraction of sp³-hybridized carbons (Fsp3) is 0.250. The van der Waals surface area contributed by atoms with E-state index in [0.29, 0.717) is 11.4 Å². The van der Waals surface area contributed by atoms with Crippen LogP contribution in [0.2, 0.25) is 0 Å². The van der Waals surface area contributed by atoms with Crippen LogP contribution >= 0.6 is 12.4 Å². The topological polar surface area (TPSA) is 58.2 Å². The van der Waals surface area contributed by atoms with E-state index in [2.05, 4.69) is 10.0 Å². The molecular weight excluding hydrogens is 320 g/mol. The van der Waals surface area contributed by atoms with E-state index in [1.54, 1.807) is 12.1 Å². The number of benzene rings is 2. The Bertz CT molecular complexity index is 788. The molecule has 0 saturated heterocycles. The lowest BCUT2D eigenvalue weighted by atomic mass is 10.1. The predicted octanol–water partition coefficient (Wildman–Crippen LogP) is 2.46. The number of rotatable bonds is 4. The van der Waals surface area contributed by atoms with E-state index >= 15 is 0 Å². The van der Waals surface area contributed by atoms with E-state index in [4.69, 9.17) is 0 Å². The fourth-order valence-electron chi connectivity index (χ4n) is 2.44. The SMILES string of the molecule is Cl.O=S(=O)(NCC1=CCNCC1)c1ccc2ccccc2c1. The van der Waals surface area contributed by atoms with E-state index in [1.165, 1.54) is 0 Å². The van der Waals surface area contributed by atoms with Gasteiger partial charge in [0.2, 0.25) is 10.0 Å². The highest BCUT2D eigenvalue weighted by Crippen LogP contribution is 2.19. The molecule has 2 N–H and O–H groups in total. The first-order valence-corrected chi connectivity index (χ1v) is 8.50. The van der Waals surface area contributed by atoms with Crippen molar-refractivity contribution in [3.8, 4) is 0 Å². The van der Waals surface area contributed by atoms with Gasteiger partial charge < -0.3 is 5.32 Å². The first kappa shape index (κ1) is 17.0. The molecular formula is C16H19ClN2O2S. The van der Waals surface area contributed by atoms with Crippen LogP contribution in [-0.2, 0) is 10.0 Å². The van der Waals surface area contributed by atoms with Crippen LogP contribution in [0.5, 0.6) is 0 Å². The van der Waals surface area contributed by atoms with Gasteiger partial charge >= 0.3 is 0 Å². The van der Waals surface area contributed by atoms with Crippen LogP contribution in [0.3, 0.4) is 0 Å². The minimum atomic E-state index is -3.46. The number of hydrogen-bond acceptors (Lipinski definition) is 3. The molecule has 0 spiro atoms. The minimum Gasteiger partial charge on any atom is -0.313 e. The predicted molar refractivity (Wildman–Crippen MR) is 92.0 cm³/mol. The maximum absolute atomic E-state index is 12.4. The van der Waals surface area contributed by atoms with E-state index < -0.39 is 10.0 Å². The zero-order valence-electron chi connectivity index (χ0n) is 12.1. The van der Waals surface area contributed by atoms with Crippen molar-refractivity contribution in [1.82, 2.24) is 10.0 Å². The van der Waals surface area contributed by atoms with Crippen LogP contribution in [0.4, 0.5) is 0 Å². The molecule has 0 fully saturated rings. The Balaban J connectivity index is 0.00000176. The van der Waals surface area contributed by atoms with Gasteiger partial charge in [0.25, 0.3) is 0 Å². The van der Waals surface area contributed by atoms with Gasteiger partial charge in [-0.1, -0.05) is 42.0 Å². The molecule has 0 bridgehead atoms. The van der Waals surface area contributed by atoms with Crippen molar-refractivity contribution in [2.45, 2.75) is 11.3 Å². The van der Waals surface area contributed by atoms with E-state index in [9.17, 15) is 8.42 Å². The molecule has 4 nitrogen and oxygen atoms in total. The summed E-state index contributed by atoms with van der Waals surface area (Å²) in [6, 6.07) is 13.0. The zero-order chi connectivity index (χ0) is 14.7. The van der Waals surface area contributed by atoms with Crippen molar-refractivity contribution < 1.29 is 8.42 Å². The molecule has 0 aromatic heterocycles. The Labute approximate surface area is 137 Å². The monoisotopic (exact) mass is 338 g/mol. The van der Waals surface area contributed by atoms with Crippen LogP contribution in [0.25, 0.3) is 10.8 Å². The van der Waals surface area contributed by atoms with E-state index in [0.717, 1.165) is 35.9 Å². The lowest BCUT2D eigenvalue weighted by molar-refractivity contribution is 0.582. The third kappa shape index (κ3) is 3.87. The molecule has 0 radical (unpaired) electrons. The molecule has 0 saturated carbocycles. The van der Waals surface area contributed by atoms with Crippen LogP contribution in [0.1, 0.15) is 6.42 Å². The van der Waals surface area contributed by atoms with Gasteiger partial charge in [-0.3, -0.25) is 0 Å². The lowest BCUT2D eigenvalue weighted by Crippen LogP contribution is -2.29. The number of sulfonamides is 1. The third-order valence-corrected chi connectivity index (χ3v) is 5.08. The quantitative estimate of drug-likeness (QED) is 0.842. The molecule has 0 unspecified atom stereocenters. The Morgan fingerprint density at radius 3 is 2.59 bits per heavy atom. The summed E-state index contributed by atoms with van der Waals surface area (Å²) in [6.07, 6.45) is 2.94. The molecule has 2 aromatic carbocycles. The molecule has 6 heteroatoms. The second-order valence-electron chi connectivity index (χ2n) is 5.15. The van der Waals surface area contributed by atoms with Crippen LogP contribution in [0, 0.1) is 0 Å². The first-order chi connectivity index (χ1) is 10.1. The summed E-state index contributed by atoms with van der Waals surface area (Å²) >= 11 is 0. The first-order valence-electron chi connectivity index (χ1n) is 7.02. The molecule has 1 aliphatic rings. The second-order valence-corrected chi connectivity index (χ2v) is 6.92. The van der Waals surface area contributed by atoms with Crippen molar-refractivity contribution in [3.63, 3.8) is 0 Å². The van der Waals surface area contributed by atoms with Gasteiger partial charge in [0.15, 0.2) is 0 Å². The summed E-state index contributed by atoms with van der Waals surface area (Å²) in [7, 11) is -3.46. The molecule has 0 amide bonds. The Kier molecular flexibility index (Phi) is 5.58. The van der Waals surface area contributed by atoms with Gasteiger partial charge in [-0.25, -0.2) is 13.1 Å². The summed E-state index contributed by atoms with van der Waals surface area (Å²) in [4.78, 5) is 0.315. The summed E-state index contributed by atoms with van der Waals surface area (Å²) in [5.74, 6) is 0. The molecule has 22 heavy (non-hydrogen) atoms. The molecule has 118 valence electrons. The number of halogens is 1. The lowest BCUT2D eigenvalue weighted by Gasteiger charge is -2.15. The number of nitrogens with one attached hydrogen (secondary N) is 2. The highest BCUT2D eigenvalue weighted by atomic mass is 35.5. The van der Waals surface area contributed by atoms with Crippen LogP contribution in [-0.4, -0.2) is 28.1 Å². The molecule has 0 atom stereocenters. The molecule has 1 heterocycles. The largest absolute Gasteiger partial charge is 0.313 e. The maximum Gasteiger partial charge on any atom is 0.240 e. The highest BCUT2D eigenvalue weighted by molar-refractivity contribution is 7.89. The average molecular weight is 339 g/mol. The molecule has 1 aliphatic heterocycles. The average Bonchev–Trinajstić information content (AvgIpc) is 2.53. The van der Waals surface area contributed by atoms with Crippen molar-refractivity contribution in [3.05, 3.63) is 54.1 Å². The van der Waals surface area contributed by atoms with Gasteiger partial charge in [-0.2, -0.15) is 0 Å². The third-order valence-electron chi connectivity index (χ3n) is 3.68. The minimum absolute atomic E-state index is 0. The maximum atomic E-state index is 12.4. The summed E-state index contributed by atoms with van der Waals surface area (Å²) in [5, 5.41) is 5.18. The Morgan fingerprint density at radius 2 is 1.86 bits per heavy atom. The standard InChI is InChI=1S/C16H18N2O2S.ClH/c19-21(20,18-12-13-7-9-17-10-8-13)16-6-5-14-3-1-2-4-15(14)11-16;/h1-7,11,17-18H,8-10,12H2;1H. The summed E-state index contributed by atoms with van der Waals surface area (Å²) < 4.78 is 27.4. The van der Waals surface area contributed by atoms with Crippen LogP contribution in [0.15, 0.2) is 59.0 Å². The van der Waals surface area contributed by atoms with Gasteiger partial charge in [0.1, 0.15) is 0 Å². The molecule has 0 aliphatic carbocycles. The van der Waals surface area contributed by atoms with Gasteiger partial charge in [-0.15, -0.1) is 12.4 Å². The van der Waals surface area contributed by atoms with E-state index in [-0.39, 0.29) is 12.4 Å². The smallest absolute Gasteiger partial charge is 0.240 e. The summed E-state index contributed by atoms with van der Waals surface area (Å²) in [6.45, 7) is 2.10. The van der Waals surface area contributed by atoms with Gasteiger partial charge in [-0.05, 0) is 35.9 Å². The molecule has 3 rings (SSSR count). The summed E-state index contributed by atoms with van der Waals surface area (Å²) in [5.41, 5.74) is 1.14. The fourth-order valence-corrected chi connectivity index (χ4v) is 3.51.